The van der Waals surface area contributed by atoms with Crippen LogP contribution < -0.4 is 4.74 Å². The second-order valence-electron chi connectivity index (χ2n) is 6.86. The van der Waals surface area contributed by atoms with E-state index < -0.39 is 16.0 Å². The van der Waals surface area contributed by atoms with Crippen LogP contribution in [0.15, 0.2) is 65.6 Å². The quantitative estimate of drug-likeness (QED) is 0.486. The fourth-order valence-electron chi connectivity index (χ4n) is 3.36. The molecule has 0 N–H and O–H groups in total. The maximum absolute atomic E-state index is 12.9. The van der Waals surface area contributed by atoms with Crippen molar-refractivity contribution in [3.8, 4) is 5.75 Å². The van der Waals surface area contributed by atoms with Gasteiger partial charge in [-0.3, -0.25) is 0 Å². The van der Waals surface area contributed by atoms with Crippen molar-refractivity contribution in [2.45, 2.75) is 11.8 Å². The van der Waals surface area contributed by atoms with Gasteiger partial charge in [0, 0.05) is 18.5 Å². The number of ether oxygens (including phenoxy) is 2. The maximum atomic E-state index is 12.9. The molecule has 7 heteroatoms. The van der Waals surface area contributed by atoms with Crippen LogP contribution in [0, 0.1) is 6.92 Å². The van der Waals surface area contributed by atoms with Gasteiger partial charge < -0.3 is 9.47 Å². The van der Waals surface area contributed by atoms with Crippen molar-refractivity contribution >= 4 is 26.8 Å². The summed E-state index contributed by atoms with van der Waals surface area (Å²) < 4.78 is 38.1. The minimum atomic E-state index is -3.70. The van der Waals surface area contributed by atoms with E-state index in [2.05, 4.69) is 0 Å². The van der Waals surface area contributed by atoms with Crippen LogP contribution in [0.25, 0.3) is 10.8 Å². The Morgan fingerprint density at radius 1 is 1.00 bits per heavy atom. The van der Waals surface area contributed by atoms with Crippen LogP contribution in [0.5, 0.6) is 5.75 Å². The van der Waals surface area contributed by atoms with Crippen LogP contribution in [0.1, 0.15) is 15.9 Å². The molecule has 0 amide bonds. The number of esters is 1. The number of hydrogen-bond acceptors (Lipinski definition) is 5. The van der Waals surface area contributed by atoms with Crippen molar-refractivity contribution in [2.75, 3.05) is 26.3 Å². The summed E-state index contributed by atoms with van der Waals surface area (Å²) in [5, 5.41) is 1.77. The zero-order chi connectivity index (χ0) is 20.4. The largest absolute Gasteiger partial charge is 0.422 e. The van der Waals surface area contributed by atoms with Crippen molar-refractivity contribution in [2.24, 2.45) is 0 Å². The Morgan fingerprint density at radius 2 is 1.72 bits per heavy atom. The van der Waals surface area contributed by atoms with Crippen LogP contribution in [-0.4, -0.2) is 45.0 Å². The number of morpholine rings is 1. The zero-order valence-corrected chi connectivity index (χ0v) is 16.8. The first-order chi connectivity index (χ1) is 14.0. The van der Waals surface area contributed by atoms with Crippen LogP contribution in [-0.2, 0) is 14.8 Å². The summed E-state index contributed by atoms with van der Waals surface area (Å²) in [6.07, 6.45) is 0. The summed E-state index contributed by atoms with van der Waals surface area (Å²) in [5.74, 6) is -0.146. The first-order valence-corrected chi connectivity index (χ1v) is 10.8. The third-order valence-electron chi connectivity index (χ3n) is 4.99. The van der Waals surface area contributed by atoms with E-state index in [0.29, 0.717) is 37.6 Å². The van der Waals surface area contributed by atoms with E-state index in [-0.39, 0.29) is 10.5 Å². The van der Waals surface area contributed by atoms with E-state index in [0.717, 1.165) is 10.8 Å². The lowest BCUT2D eigenvalue weighted by Crippen LogP contribution is -2.40. The van der Waals surface area contributed by atoms with Gasteiger partial charge in [-0.25, -0.2) is 13.2 Å². The molecule has 3 aromatic carbocycles. The molecule has 0 aromatic heterocycles. The van der Waals surface area contributed by atoms with Gasteiger partial charge in [0.1, 0.15) is 5.75 Å². The molecule has 1 aliphatic rings. The highest BCUT2D eigenvalue weighted by molar-refractivity contribution is 7.89. The average molecular weight is 411 g/mol. The summed E-state index contributed by atoms with van der Waals surface area (Å²) >= 11 is 0. The van der Waals surface area contributed by atoms with Gasteiger partial charge in [-0.1, -0.05) is 42.5 Å². The number of fused-ring (bicyclic) bond motifs is 1. The number of rotatable bonds is 4. The normalized spacial score (nSPS) is 15.3. The number of nitrogens with zero attached hydrogens (tertiary/aromatic N) is 1. The van der Waals surface area contributed by atoms with Crippen LogP contribution in [0.3, 0.4) is 0 Å². The molecule has 0 saturated carbocycles. The third kappa shape index (κ3) is 3.89. The second kappa shape index (κ2) is 7.94. The van der Waals surface area contributed by atoms with Crippen molar-refractivity contribution in [1.82, 2.24) is 4.31 Å². The van der Waals surface area contributed by atoms with Gasteiger partial charge in [0.25, 0.3) is 0 Å². The molecule has 6 nitrogen and oxygen atoms in total. The maximum Gasteiger partial charge on any atom is 0.343 e. The van der Waals surface area contributed by atoms with Gasteiger partial charge in [0.05, 0.1) is 23.7 Å². The van der Waals surface area contributed by atoms with Gasteiger partial charge >= 0.3 is 5.97 Å². The average Bonchev–Trinajstić information content (AvgIpc) is 2.75. The standard InChI is InChI=1S/C22H21NO5S/c1-16-9-10-18(29(25,26)23-11-13-27-14-12-23)15-20(16)22(24)28-21-8-4-6-17-5-2-3-7-19(17)21/h2-10,15H,11-14H2,1H3. The van der Waals surface area contributed by atoms with E-state index in [1.54, 1.807) is 19.1 Å². The summed E-state index contributed by atoms with van der Waals surface area (Å²) in [5.41, 5.74) is 0.878. The van der Waals surface area contributed by atoms with Crippen molar-refractivity contribution < 1.29 is 22.7 Å². The zero-order valence-electron chi connectivity index (χ0n) is 16.0. The summed E-state index contributed by atoms with van der Waals surface area (Å²) in [7, 11) is -3.70. The Hall–Kier alpha value is -2.74. The number of carbonyl (C=O) groups excluding carboxylic acids is 1. The molecule has 1 heterocycles. The summed E-state index contributed by atoms with van der Waals surface area (Å²) in [4.78, 5) is 13.0. The third-order valence-corrected chi connectivity index (χ3v) is 6.88. The molecular weight excluding hydrogens is 390 g/mol. The molecule has 1 fully saturated rings. The van der Waals surface area contributed by atoms with Gasteiger partial charge in [0.2, 0.25) is 10.0 Å². The molecule has 29 heavy (non-hydrogen) atoms. The Kier molecular flexibility index (Phi) is 5.36. The molecule has 1 saturated heterocycles. The van der Waals surface area contributed by atoms with Crippen LogP contribution in [0.4, 0.5) is 0 Å². The highest BCUT2D eigenvalue weighted by atomic mass is 32.2. The number of sulfonamides is 1. The van der Waals surface area contributed by atoms with E-state index in [9.17, 15) is 13.2 Å². The van der Waals surface area contributed by atoms with Crippen molar-refractivity contribution in [3.63, 3.8) is 0 Å². The van der Waals surface area contributed by atoms with Crippen molar-refractivity contribution in [1.29, 1.82) is 0 Å². The minimum absolute atomic E-state index is 0.0786. The molecular formula is C22H21NO5S. The van der Waals surface area contributed by atoms with E-state index in [4.69, 9.17) is 9.47 Å². The molecule has 0 unspecified atom stereocenters. The Bertz CT molecular complexity index is 1160. The fourth-order valence-corrected chi connectivity index (χ4v) is 4.79. The Labute approximate surface area is 169 Å². The molecule has 0 aliphatic carbocycles. The topological polar surface area (TPSA) is 72.9 Å². The summed E-state index contributed by atoms with van der Waals surface area (Å²) in [6.45, 7) is 3.07. The van der Waals surface area contributed by atoms with Crippen molar-refractivity contribution in [3.05, 3.63) is 71.8 Å². The predicted molar refractivity (Wildman–Crippen MR) is 110 cm³/mol. The van der Waals surface area contributed by atoms with Gasteiger partial charge in [-0.05, 0) is 36.1 Å². The number of hydrogen-bond donors (Lipinski definition) is 0. The molecule has 4 rings (SSSR count). The van der Waals surface area contributed by atoms with Crippen LogP contribution >= 0.6 is 0 Å². The summed E-state index contributed by atoms with van der Waals surface area (Å²) in [6, 6.07) is 17.6. The molecule has 0 atom stereocenters. The Balaban J connectivity index is 1.66. The number of aryl methyl sites for hydroxylation is 1. The van der Waals surface area contributed by atoms with E-state index >= 15 is 0 Å². The van der Waals surface area contributed by atoms with Gasteiger partial charge in [-0.2, -0.15) is 4.31 Å². The molecule has 0 bridgehead atoms. The molecule has 3 aromatic rings. The number of benzene rings is 3. The van der Waals surface area contributed by atoms with Gasteiger partial charge in [0.15, 0.2) is 0 Å². The molecule has 0 radical (unpaired) electrons. The lowest BCUT2D eigenvalue weighted by Gasteiger charge is -2.26. The number of carbonyl (C=O) groups is 1. The monoisotopic (exact) mass is 411 g/mol. The smallest absolute Gasteiger partial charge is 0.343 e. The molecule has 150 valence electrons. The predicted octanol–water partition coefficient (Wildman–Crippen LogP) is 3.39. The minimum Gasteiger partial charge on any atom is -0.422 e. The van der Waals surface area contributed by atoms with E-state index in [1.807, 2.05) is 36.4 Å². The van der Waals surface area contributed by atoms with Crippen LogP contribution in [0.2, 0.25) is 0 Å². The van der Waals surface area contributed by atoms with E-state index in [1.165, 1.54) is 16.4 Å². The lowest BCUT2D eigenvalue weighted by atomic mass is 10.1. The molecule has 0 spiro atoms. The Morgan fingerprint density at radius 3 is 2.52 bits per heavy atom. The first-order valence-electron chi connectivity index (χ1n) is 9.35. The molecule has 1 aliphatic heterocycles. The lowest BCUT2D eigenvalue weighted by molar-refractivity contribution is 0.0727. The highest BCUT2D eigenvalue weighted by Crippen LogP contribution is 2.27. The highest BCUT2D eigenvalue weighted by Gasteiger charge is 2.27. The SMILES string of the molecule is Cc1ccc(S(=O)(=O)N2CCOCC2)cc1C(=O)Oc1cccc2ccccc12. The second-order valence-corrected chi connectivity index (χ2v) is 8.80. The first kappa shape index (κ1) is 19.6. The van der Waals surface area contributed by atoms with Gasteiger partial charge in [-0.15, -0.1) is 0 Å². The fraction of sp³-hybridized carbons (Fsp3) is 0.227.